The second-order valence-corrected chi connectivity index (χ2v) is 7.33. The van der Waals surface area contributed by atoms with Crippen molar-refractivity contribution in [3.05, 3.63) is 103 Å². The first kappa shape index (κ1) is 19.6. The Morgan fingerprint density at radius 2 is 1.94 bits per heavy atom. The zero-order valence-electron chi connectivity index (χ0n) is 17.5. The van der Waals surface area contributed by atoms with E-state index >= 15 is 0 Å². The Kier molecular flexibility index (Phi) is 5.13. The molecule has 158 valence electrons. The largest absolute Gasteiger partial charge is 0.497 e. The number of carbonyl (C=O) groups is 1. The molecule has 1 N–H and O–H groups in total. The average Bonchev–Trinajstić information content (AvgIpc) is 3.50. The van der Waals surface area contributed by atoms with Gasteiger partial charge in [0.2, 0.25) is 0 Å². The van der Waals surface area contributed by atoms with Gasteiger partial charge in [0, 0.05) is 36.8 Å². The standard InChI is InChI=1S/C25H21N5O2/c1-32-22-6-2-5-19(14-22)20-7-8-21-9-10-24(29(21)17-20)30-13-11-23(28-30)25(31)27-16-18-4-3-12-26-15-18/h2-15,17H,16H2,1H3,(H,27,31). The van der Waals surface area contributed by atoms with Gasteiger partial charge in [-0.2, -0.15) is 5.10 Å². The fourth-order valence-electron chi connectivity index (χ4n) is 3.59. The normalized spacial score (nSPS) is 10.9. The molecule has 0 saturated carbocycles. The lowest BCUT2D eigenvalue weighted by Gasteiger charge is -2.08. The third-order valence-electron chi connectivity index (χ3n) is 5.27. The van der Waals surface area contributed by atoms with E-state index in [1.54, 1.807) is 36.4 Å². The van der Waals surface area contributed by atoms with Gasteiger partial charge < -0.3 is 14.5 Å². The predicted molar refractivity (Wildman–Crippen MR) is 122 cm³/mol. The summed E-state index contributed by atoms with van der Waals surface area (Å²) in [5, 5.41) is 7.37. The number of rotatable bonds is 6. The summed E-state index contributed by atoms with van der Waals surface area (Å²) in [6.07, 6.45) is 7.28. The maximum Gasteiger partial charge on any atom is 0.272 e. The topological polar surface area (TPSA) is 73.4 Å². The van der Waals surface area contributed by atoms with E-state index < -0.39 is 0 Å². The molecule has 0 saturated heterocycles. The molecular weight excluding hydrogens is 402 g/mol. The number of hydrogen-bond acceptors (Lipinski definition) is 4. The summed E-state index contributed by atoms with van der Waals surface area (Å²) in [5.74, 6) is 1.42. The average molecular weight is 423 g/mol. The lowest BCUT2D eigenvalue weighted by molar-refractivity contribution is 0.0945. The van der Waals surface area contributed by atoms with Crippen LogP contribution in [0.1, 0.15) is 16.1 Å². The van der Waals surface area contributed by atoms with Crippen LogP contribution in [0.4, 0.5) is 0 Å². The van der Waals surface area contributed by atoms with Crippen molar-refractivity contribution < 1.29 is 9.53 Å². The van der Waals surface area contributed by atoms with Crippen LogP contribution in [0.5, 0.6) is 5.75 Å². The number of pyridine rings is 2. The van der Waals surface area contributed by atoms with Crippen molar-refractivity contribution in [1.29, 1.82) is 0 Å². The Labute approximate surface area is 184 Å². The van der Waals surface area contributed by atoms with Crippen molar-refractivity contribution in [2.75, 3.05) is 7.11 Å². The molecule has 1 amide bonds. The Hall–Kier alpha value is -4.39. The zero-order chi connectivity index (χ0) is 21.9. The molecule has 4 heterocycles. The predicted octanol–water partition coefficient (Wildman–Crippen LogP) is 4.13. The molecule has 0 aliphatic carbocycles. The third kappa shape index (κ3) is 3.83. The zero-order valence-corrected chi connectivity index (χ0v) is 17.5. The number of ether oxygens (including phenoxy) is 1. The van der Waals surface area contributed by atoms with Crippen LogP contribution in [0.15, 0.2) is 91.5 Å². The summed E-state index contributed by atoms with van der Waals surface area (Å²) in [6.45, 7) is 0.400. The maximum absolute atomic E-state index is 12.5. The number of fused-ring (bicyclic) bond motifs is 1. The number of methoxy groups -OCH3 is 1. The molecule has 0 atom stereocenters. The van der Waals surface area contributed by atoms with Crippen molar-refractivity contribution in [3.8, 4) is 22.7 Å². The van der Waals surface area contributed by atoms with E-state index in [2.05, 4.69) is 38.1 Å². The molecule has 0 aliphatic rings. The first-order valence-corrected chi connectivity index (χ1v) is 10.2. The van der Waals surface area contributed by atoms with Crippen LogP contribution in [-0.2, 0) is 6.54 Å². The van der Waals surface area contributed by atoms with Gasteiger partial charge in [-0.15, -0.1) is 0 Å². The SMILES string of the molecule is COc1cccc(-c2ccc3ccc(-n4ccc(C(=O)NCc5cccnc5)n4)n3c2)c1. The minimum atomic E-state index is -0.231. The third-order valence-corrected chi connectivity index (χ3v) is 5.27. The van der Waals surface area contributed by atoms with E-state index in [9.17, 15) is 4.79 Å². The highest BCUT2D eigenvalue weighted by Crippen LogP contribution is 2.26. The molecule has 0 spiro atoms. The van der Waals surface area contributed by atoms with E-state index in [0.717, 1.165) is 33.8 Å². The van der Waals surface area contributed by atoms with Gasteiger partial charge in [-0.25, -0.2) is 4.68 Å². The molecule has 5 aromatic rings. The first-order valence-electron chi connectivity index (χ1n) is 10.2. The molecular formula is C25H21N5O2. The van der Waals surface area contributed by atoms with E-state index in [1.807, 2.05) is 48.5 Å². The van der Waals surface area contributed by atoms with Gasteiger partial charge in [0.15, 0.2) is 5.69 Å². The quantitative estimate of drug-likeness (QED) is 0.446. The van der Waals surface area contributed by atoms with Crippen LogP contribution >= 0.6 is 0 Å². The summed E-state index contributed by atoms with van der Waals surface area (Å²) < 4.78 is 9.12. The van der Waals surface area contributed by atoms with Gasteiger partial charge in [0.1, 0.15) is 11.6 Å². The van der Waals surface area contributed by atoms with Crippen LogP contribution in [0, 0.1) is 0 Å². The smallest absolute Gasteiger partial charge is 0.272 e. The summed E-state index contributed by atoms with van der Waals surface area (Å²) >= 11 is 0. The molecule has 4 aromatic heterocycles. The molecule has 1 aromatic carbocycles. The monoisotopic (exact) mass is 423 g/mol. The molecule has 0 fully saturated rings. The maximum atomic E-state index is 12.5. The Morgan fingerprint density at radius 1 is 1.03 bits per heavy atom. The fourth-order valence-corrected chi connectivity index (χ4v) is 3.59. The highest BCUT2D eigenvalue weighted by atomic mass is 16.5. The number of amides is 1. The van der Waals surface area contributed by atoms with E-state index in [4.69, 9.17) is 4.74 Å². The number of benzene rings is 1. The second-order valence-electron chi connectivity index (χ2n) is 7.33. The summed E-state index contributed by atoms with van der Waals surface area (Å²) in [5.41, 5.74) is 4.43. The highest BCUT2D eigenvalue weighted by molar-refractivity contribution is 5.92. The minimum Gasteiger partial charge on any atom is -0.497 e. The van der Waals surface area contributed by atoms with Gasteiger partial charge >= 0.3 is 0 Å². The summed E-state index contributed by atoms with van der Waals surface area (Å²) in [4.78, 5) is 16.6. The van der Waals surface area contributed by atoms with Gasteiger partial charge in [0.05, 0.1) is 7.11 Å². The second kappa shape index (κ2) is 8.39. The molecule has 7 nitrogen and oxygen atoms in total. The van der Waals surface area contributed by atoms with E-state index in [1.165, 1.54) is 0 Å². The minimum absolute atomic E-state index is 0.231. The molecule has 7 heteroatoms. The van der Waals surface area contributed by atoms with Crippen molar-refractivity contribution in [3.63, 3.8) is 0 Å². The van der Waals surface area contributed by atoms with Crippen LogP contribution < -0.4 is 10.1 Å². The highest BCUT2D eigenvalue weighted by Gasteiger charge is 2.12. The molecule has 0 aliphatic heterocycles. The number of aromatic nitrogens is 4. The molecule has 0 radical (unpaired) electrons. The van der Waals surface area contributed by atoms with Crippen molar-refractivity contribution in [1.82, 2.24) is 24.5 Å². The van der Waals surface area contributed by atoms with Gasteiger partial charge in [-0.1, -0.05) is 24.3 Å². The lowest BCUT2D eigenvalue weighted by Crippen LogP contribution is -2.23. The van der Waals surface area contributed by atoms with E-state index in [0.29, 0.717) is 12.2 Å². The van der Waals surface area contributed by atoms with Crippen molar-refractivity contribution >= 4 is 11.4 Å². The van der Waals surface area contributed by atoms with Crippen LogP contribution in [0.2, 0.25) is 0 Å². The molecule has 0 bridgehead atoms. The number of nitrogens with one attached hydrogen (secondary N) is 1. The number of carbonyl (C=O) groups excluding carboxylic acids is 1. The number of hydrogen-bond donors (Lipinski definition) is 1. The summed E-state index contributed by atoms with van der Waals surface area (Å²) in [6, 6.07) is 21.6. The van der Waals surface area contributed by atoms with Crippen molar-refractivity contribution in [2.45, 2.75) is 6.54 Å². The Balaban J connectivity index is 1.41. The summed E-state index contributed by atoms with van der Waals surface area (Å²) in [7, 11) is 1.66. The Morgan fingerprint density at radius 3 is 2.78 bits per heavy atom. The molecule has 32 heavy (non-hydrogen) atoms. The molecule has 5 rings (SSSR count). The first-order chi connectivity index (χ1) is 15.7. The fraction of sp³-hybridized carbons (Fsp3) is 0.0800. The number of nitrogens with zero attached hydrogens (tertiary/aromatic N) is 4. The van der Waals surface area contributed by atoms with Gasteiger partial charge in [-0.05, 0) is 59.2 Å². The molecule has 0 unspecified atom stereocenters. The van der Waals surface area contributed by atoms with E-state index in [-0.39, 0.29) is 5.91 Å². The van der Waals surface area contributed by atoms with Crippen LogP contribution in [0.3, 0.4) is 0 Å². The van der Waals surface area contributed by atoms with Crippen LogP contribution in [0.25, 0.3) is 22.5 Å². The Bertz CT molecular complexity index is 1390. The van der Waals surface area contributed by atoms with Gasteiger partial charge in [0.25, 0.3) is 5.91 Å². The van der Waals surface area contributed by atoms with Gasteiger partial charge in [-0.3, -0.25) is 9.78 Å². The van der Waals surface area contributed by atoms with Crippen molar-refractivity contribution in [2.24, 2.45) is 0 Å². The lowest BCUT2D eigenvalue weighted by atomic mass is 10.1. The van der Waals surface area contributed by atoms with Crippen LogP contribution in [-0.4, -0.2) is 32.2 Å².